The molecule has 0 unspecified atom stereocenters. The Hall–Kier alpha value is -0.280. The summed E-state index contributed by atoms with van der Waals surface area (Å²) >= 11 is 5.68. The van der Waals surface area contributed by atoms with Crippen LogP contribution in [-0.2, 0) is 9.53 Å². The lowest BCUT2D eigenvalue weighted by Crippen LogP contribution is -2.38. The number of hydrogen-bond donors (Lipinski definition) is 1. The van der Waals surface area contributed by atoms with Gasteiger partial charge in [0.2, 0.25) is 5.91 Å². The zero-order valence-corrected chi connectivity index (χ0v) is 10.9. The average Bonchev–Trinajstić information content (AvgIpc) is 2.16. The third-order valence-electron chi connectivity index (χ3n) is 2.01. The van der Waals surface area contributed by atoms with E-state index in [9.17, 15) is 4.79 Å². The third-order valence-corrected chi connectivity index (χ3v) is 2.67. The second kappa shape index (κ2) is 7.07. The number of alkyl halides is 1. The van der Waals surface area contributed by atoms with Crippen LogP contribution in [0.5, 0.6) is 0 Å². The van der Waals surface area contributed by atoms with Crippen LogP contribution in [0.4, 0.5) is 0 Å². The Balaban J connectivity index is 3.56. The molecule has 0 fully saturated rings. The summed E-state index contributed by atoms with van der Waals surface area (Å²) in [5.41, 5.74) is -0.486. The third kappa shape index (κ3) is 6.74. The van der Waals surface area contributed by atoms with Crippen molar-refractivity contribution in [3.8, 4) is 0 Å². The summed E-state index contributed by atoms with van der Waals surface area (Å²) < 4.78 is 5.36. The Kier molecular flexibility index (Phi) is 6.94. The van der Waals surface area contributed by atoms with Crippen molar-refractivity contribution < 1.29 is 9.53 Å². The zero-order chi connectivity index (χ0) is 11.9. The summed E-state index contributed by atoms with van der Waals surface area (Å²) in [6.45, 7) is 8.98. The number of rotatable bonds is 7. The fourth-order valence-corrected chi connectivity index (χ4v) is 1.01. The van der Waals surface area contributed by atoms with Crippen LogP contribution in [0, 0.1) is 5.41 Å². The van der Waals surface area contributed by atoms with Crippen molar-refractivity contribution in [2.45, 2.75) is 40.2 Å². The predicted molar refractivity (Wildman–Crippen MR) is 63.2 cm³/mol. The molecule has 0 rings (SSSR count). The predicted octanol–water partition coefficient (Wildman–Crippen LogP) is 2.18. The molecule has 90 valence electrons. The SMILES string of the molecule is CC(C)OCCCNC(=O)C(C)(C)CCl. The van der Waals surface area contributed by atoms with Crippen LogP contribution in [0.3, 0.4) is 0 Å². The highest BCUT2D eigenvalue weighted by molar-refractivity contribution is 6.19. The minimum atomic E-state index is -0.486. The first kappa shape index (κ1) is 14.7. The molecule has 0 aromatic heterocycles. The monoisotopic (exact) mass is 235 g/mol. The molecule has 0 atom stereocenters. The second-order valence-electron chi connectivity index (χ2n) is 4.55. The number of carbonyl (C=O) groups excluding carboxylic acids is 1. The first-order valence-corrected chi connectivity index (χ1v) is 5.89. The molecule has 0 radical (unpaired) electrons. The number of nitrogens with one attached hydrogen (secondary N) is 1. The molecule has 1 N–H and O–H groups in total. The molecule has 0 aliphatic carbocycles. The van der Waals surface area contributed by atoms with E-state index in [0.29, 0.717) is 19.0 Å². The maximum atomic E-state index is 11.6. The molecule has 15 heavy (non-hydrogen) atoms. The Morgan fingerprint density at radius 2 is 2.07 bits per heavy atom. The number of halogens is 1. The van der Waals surface area contributed by atoms with Gasteiger partial charge in [-0.1, -0.05) is 0 Å². The van der Waals surface area contributed by atoms with Gasteiger partial charge in [-0.3, -0.25) is 4.79 Å². The van der Waals surface area contributed by atoms with Gasteiger partial charge in [0.15, 0.2) is 0 Å². The maximum Gasteiger partial charge on any atom is 0.226 e. The van der Waals surface area contributed by atoms with Crippen LogP contribution in [0.15, 0.2) is 0 Å². The van der Waals surface area contributed by atoms with Gasteiger partial charge < -0.3 is 10.1 Å². The summed E-state index contributed by atoms with van der Waals surface area (Å²) in [6.07, 6.45) is 1.09. The molecule has 0 spiro atoms. The molecule has 0 saturated carbocycles. The molecule has 0 aromatic rings. The zero-order valence-electron chi connectivity index (χ0n) is 10.1. The van der Waals surface area contributed by atoms with E-state index in [0.717, 1.165) is 6.42 Å². The van der Waals surface area contributed by atoms with Crippen molar-refractivity contribution in [1.82, 2.24) is 5.32 Å². The van der Waals surface area contributed by atoms with E-state index in [-0.39, 0.29) is 12.0 Å². The van der Waals surface area contributed by atoms with E-state index in [1.54, 1.807) is 0 Å². The van der Waals surface area contributed by atoms with Crippen molar-refractivity contribution >= 4 is 17.5 Å². The minimum Gasteiger partial charge on any atom is -0.379 e. The van der Waals surface area contributed by atoms with E-state index < -0.39 is 5.41 Å². The topological polar surface area (TPSA) is 38.3 Å². The lowest BCUT2D eigenvalue weighted by molar-refractivity contribution is -0.128. The summed E-state index contributed by atoms with van der Waals surface area (Å²) in [5.74, 6) is 0.337. The van der Waals surface area contributed by atoms with Crippen LogP contribution in [0.2, 0.25) is 0 Å². The molecule has 0 bridgehead atoms. The Bertz CT molecular complexity index is 193. The first-order valence-electron chi connectivity index (χ1n) is 5.36. The molecule has 0 heterocycles. The van der Waals surface area contributed by atoms with Crippen molar-refractivity contribution in [3.05, 3.63) is 0 Å². The molecule has 4 heteroatoms. The van der Waals surface area contributed by atoms with Crippen molar-refractivity contribution in [2.75, 3.05) is 19.0 Å². The van der Waals surface area contributed by atoms with Gasteiger partial charge in [0.1, 0.15) is 0 Å². The lowest BCUT2D eigenvalue weighted by Gasteiger charge is -2.20. The molecule has 0 saturated heterocycles. The van der Waals surface area contributed by atoms with E-state index in [1.807, 2.05) is 27.7 Å². The molecule has 0 aliphatic heterocycles. The largest absolute Gasteiger partial charge is 0.379 e. The maximum absolute atomic E-state index is 11.6. The number of hydrogen-bond acceptors (Lipinski definition) is 2. The standard InChI is InChI=1S/C11H22ClNO2/c1-9(2)15-7-5-6-13-10(14)11(3,4)8-12/h9H,5-8H2,1-4H3,(H,13,14). The minimum absolute atomic E-state index is 0.00190. The van der Waals surface area contributed by atoms with Crippen molar-refractivity contribution in [2.24, 2.45) is 5.41 Å². The molecule has 0 aromatic carbocycles. The van der Waals surface area contributed by atoms with Gasteiger partial charge in [0.25, 0.3) is 0 Å². The molecule has 3 nitrogen and oxygen atoms in total. The first-order chi connectivity index (χ1) is 6.90. The number of carbonyl (C=O) groups is 1. The van der Waals surface area contributed by atoms with Crippen LogP contribution >= 0.6 is 11.6 Å². The van der Waals surface area contributed by atoms with E-state index in [2.05, 4.69) is 5.32 Å². The van der Waals surface area contributed by atoms with Gasteiger partial charge >= 0.3 is 0 Å². The van der Waals surface area contributed by atoms with Crippen molar-refractivity contribution in [1.29, 1.82) is 0 Å². The molecular formula is C11H22ClNO2. The summed E-state index contributed by atoms with van der Waals surface area (Å²) in [4.78, 5) is 11.6. The summed E-state index contributed by atoms with van der Waals surface area (Å²) in [6, 6.07) is 0. The molecule has 0 aliphatic rings. The summed E-state index contributed by atoms with van der Waals surface area (Å²) in [5, 5.41) is 2.84. The van der Waals surface area contributed by atoms with Crippen LogP contribution in [-0.4, -0.2) is 31.0 Å². The quantitative estimate of drug-likeness (QED) is 0.543. The lowest BCUT2D eigenvalue weighted by atomic mass is 9.95. The van der Waals surface area contributed by atoms with Gasteiger partial charge in [-0.05, 0) is 34.1 Å². The van der Waals surface area contributed by atoms with E-state index in [1.165, 1.54) is 0 Å². The molecule has 1 amide bonds. The summed E-state index contributed by atoms with van der Waals surface area (Å²) in [7, 11) is 0. The van der Waals surface area contributed by atoms with Crippen LogP contribution < -0.4 is 5.32 Å². The van der Waals surface area contributed by atoms with Gasteiger partial charge in [0.05, 0.1) is 11.5 Å². The fourth-order valence-electron chi connectivity index (χ4n) is 0.893. The smallest absolute Gasteiger partial charge is 0.226 e. The van der Waals surface area contributed by atoms with Gasteiger partial charge in [0, 0.05) is 19.0 Å². The van der Waals surface area contributed by atoms with Crippen LogP contribution in [0.1, 0.15) is 34.1 Å². The highest BCUT2D eigenvalue weighted by Crippen LogP contribution is 2.16. The second-order valence-corrected chi connectivity index (χ2v) is 4.81. The fraction of sp³-hybridized carbons (Fsp3) is 0.909. The molecular weight excluding hydrogens is 214 g/mol. The number of ether oxygens (including phenoxy) is 1. The van der Waals surface area contributed by atoms with Gasteiger partial charge in [-0.15, -0.1) is 11.6 Å². The highest BCUT2D eigenvalue weighted by atomic mass is 35.5. The normalized spacial score (nSPS) is 11.9. The highest BCUT2D eigenvalue weighted by Gasteiger charge is 2.25. The number of amides is 1. The Morgan fingerprint density at radius 3 is 2.53 bits per heavy atom. The Labute approximate surface area is 97.5 Å². The van der Waals surface area contributed by atoms with Crippen LogP contribution in [0.25, 0.3) is 0 Å². The van der Waals surface area contributed by atoms with Crippen molar-refractivity contribution in [3.63, 3.8) is 0 Å². The van der Waals surface area contributed by atoms with E-state index >= 15 is 0 Å². The van der Waals surface area contributed by atoms with Gasteiger partial charge in [-0.25, -0.2) is 0 Å². The van der Waals surface area contributed by atoms with Gasteiger partial charge in [-0.2, -0.15) is 0 Å². The Morgan fingerprint density at radius 1 is 1.47 bits per heavy atom. The average molecular weight is 236 g/mol. The van der Waals surface area contributed by atoms with E-state index in [4.69, 9.17) is 16.3 Å².